The van der Waals surface area contributed by atoms with Crippen molar-refractivity contribution >= 4 is 38.6 Å². The molecule has 0 unspecified atom stereocenters. The molecule has 0 radical (unpaired) electrons. The molecule has 2 rings (SSSR count). The van der Waals surface area contributed by atoms with E-state index in [4.69, 9.17) is 11.6 Å². The standard InChI is InChI=1S/C12H14BrClN2/c1-8-6-9(13)7-10-12(8)16-11(15-10)4-2-3-5-14/h6-7H,2-5H2,1H3,(H,15,16). The van der Waals surface area contributed by atoms with E-state index in [9.17, 15) is 0 Å². The number of nitrogens with zero attached hydrogens (tertiary/aromatic N) is 1. The smallest absolute Gasteiger partial charge is 0.107 e. The maximum Gasteiger partial charge on any atom is 0.107 e. The number of benzene rings is 1. The summed E-state index contributed by atoms with van der Waals surface area (Å²) in [6.45, 7) is 2.08. The predicted molar refractivity (Wildman–Crippen MR) is 72.2 cm³/mol. The van der Waals surface area contributed by atoms with Crippen molar-refractivity contribution < 1.29 is 0 Å². The van der Waals surface area contributed by atoms with Crippen LogP contribution in [0.1, 0.15) is 24.2 Å². The zero-order valence-electron chi connectivity index (χ0n) is 9.19. The lowest BCUT2D eigenvalue weighted by Gasteiger charge is -1.94. The van der Waals surface area contributed by atoms with Gasteiger partial charge >= 0.3 is 0 Å². The molecule has 0 aliphatic rings. The third-order valence-corrected chi connectivity index (χ3v) is 3.31. The third kappa shape index (κ3) is 2.58. The molecule has 1 aromatic carbocycles. The number of halogens is 2. The van der Waals surface area contributed by atoms with E-state index >= 15 is 0 Å². The van der Waals surface area contributed by atoms with Crippen LogP contribution in [0.5, 0.6) is 0 Å². The first-order valence-corrected chi connectivity index (χ1v) is 6.74. The van der Waals surface area contributed by atoms with Gasteiger partial charge in [-0.25, -0.2) is 4.98 Å². The quantitative estimate of drug-likeness (QED) is 0.665. The topological polar surface area (TPSA) is 28.7 Å². The molecular weight excluding hydrogens is 288 g/mol. The normalized spacial score (nSPS) is 11.2. The molecule has 0 aliphatic carbocycles. The van der Waals surface area contributed by atoms with Crippen LogP contribution in [0.25, 0.3) is 11.0 Å². The highest BCUT2D eigenvalue weighted by atomic mass is 79.9. The van der Waals surface area contributed by atoms with Crippen LogP contribution in [0.2, 0.25) is 0 Å². The maximum absolute atomic E-state index is 5.66. The molecule has 0 fully saturated rings. The molecule has 0 amide bonds. The van der Waals surface area contributed by atoms with E-state index in [2.05, 4.69) is 45.0 Å². The second-order valence-electron chi connectivity index (χ2n) is 3.95. The number of unbranched alkanes of at least 4 members (excludes halogenated alkanes) is 1. The molecule has 86 valence electrons. The van der Waals surface area contributed by atoms with E-state index in [0.29, 0.717) is 0 Å². The number of hydrogen-bond acceptors (Lipinski definition) is 1. The molecule has 0 bridgehead atoms. The van der Waals surface area contributed by atoms with Gasteiger partial charge in [-0.1, -0.05) is 15.9 Å². The SMILES string of the molecule is Cc1cc(Br)cc2[nH]c(CCCCCl)nc12. The first-order valence-electron chi connectivity index (χ1n) is 5.41. The molecule has 0 atom stereocenters. The Morgan fingerprint density at radius 1 is 1.38 bits per heavy atom. The first-order chi connectivity index (χ1) is 7.70. The van der Waals surface area contributed by atoms with Gasteiger partial charge in [-0.15, -0.1) is 11.6 Å². The molecule has 0 aliphatic heterocycles. The minimum absolute atomic E-state index is 0.727. The zero-order valence-corrected chi connectivity index (χ0v) is 11.5. The Labute approximate surface area is 109 Å². The molecule has 0 spiro atoms. The number of imidazole rings is 1. The fraction of sp³-hybridized carbons (Fsp3) is 0.417. The van der Waals surface area contributed by atoms with E-state index in [1.54, 1.807) is 0 Å². The second kappa shape index (κ2) is 5.19. The zero-order chi connectivity index (χ0) is 11.5. The van der Waals surface area contributed by atoms with Gasteiger partial charge in [-0.3, -0.25) is 0 Å². The Balaban J connectivity index is 2.26. The number of fused-ring (bicyclic) bond motifs is 1. The van der Waals surface area contributed by atoms with Gasteiger partial charge in [-0.05, 0) is 37.5 Å². The summed E-state index contributed by atoms with van der Waals surface area (Å²) >= 11 is 9.15. The van der Waals surface area contributed by atoms with Crippen molar-refractivity contribution in [1.29, 1.82) is 0 Å². The van der Waals surface area contributed by atoms with Gasteiger partial charge in [0.2, 0.25) is 0 Å². The number of H-pyrrole nitrogens is 1. The Kier molecular flexibility index (Phi) is 3.87. The van der Waals surface area contributed by atoms with E-state index in [1.807, 2.05) is 0 Å². The van der Waals surface area contributed by atoms with Crippen molar-refractivity contribution in [1.82, 2.24) is 9.97 Å². The van der Waals surface area contributed by atoms with E-state index in [0.717, 1.165) is 46.5 Å². The Morgan fingerprint density at radius 2 is 2.19 bits per heavy atom. The lowest BCUT2D eigenvalue weighted by Crippen LogP contribution is -1.88. The molecule has 16 heavy (non-hydrogen) atoms. The Hall–Kier alpha value is -0.540. The largest absolute Gasteiger partial charge is 0.342 e. The second-order valence-corrected chi connectivity index (χ2v) is 5.24. The lowest BCUT2D eigenvalue weighted by atomic mass is 10.2. The average Bonchev–Trinajstić information content (AvgIpc) is 2.61. The number of nitrogens with one attached hydrogen (secondary N) is 1. The highest BCUT2D eigenvalue weighted by molar-refractivity contribution is 9.10. The highest BCUT2D eigenvalue weighted by Crippen LogP contribution is 2.22. The summed E-state index contributed by atoms with van der Waals surface area (Å²) < 4.78 is 1.09. The lowest BCUT2D eigenvalue weighted by molar-refractivity contribution is 0.769. The molecule has 1 N–H and O–H groups in total. The van der Waals surface area contributed by atoms with Crippen LogP contribution in [0.4, 0.5) is 0 Å². The van der Waals surface area contributed by atoms with Crippen LogP contribution < -0.4 is 0 Å². The van der Waals surface area contributed by atoms with Gasteiger partial charge in [0.15, 0.2) is 0 Å². The maximum atomic E-state index is 5.66. The van der Waals surface area contributed by atoms with E-state index in [1.165, 1.54) is 5.56 Å². The van der Waals surface area contributed by atoms with E-state index < -0.39 is 0 Å². The average molecular weight is 302 g/mol. The Morgan fingerprint density at radius 3 is 2.94 bits per heavy atom. The molecule has 4 heteroatoms. The third-order valence-electron chi connectivity index (χ3n) is 2.59. The van der Waals surface area contributed by atoms with Crippen LogP contribution in [-0.4, -0.2) is 15.8 Å². The Bertz CT molecular complexity index is 493. The van der Waals surface area contributed by atoms with Crippen LogP contribution in [0, 0.1) is 6.92 Å². The molecule has 2 aromatic rings. The fourth-order valence-electron chi connectivity index (χ4n) is 1.80. The van der Waals surface area contributed by atoms with Crippen molar-refractivity contribution in [3.63, 3.8) is 0 Å². The number of alkyl halides is 1. The number of hydrogen-bond donors (Lipinski definition) is 1. The number of rotatable bonds is 4. The van der Waals surface area contributed by atoms with Gasteiger partial charge in [0, 0.05) is 16.8 Å². The minimum atomic E-state index is 0.727. The van der Waals surface area contributed by atoms with Gasteiger partial charge in [0.1, 0.15) is 5.82 Å². The summed E-state index contributed by atoms with van der Waals surface area (Å²) in [6, 6.07) is 4.16. The van der Waals surface area contributed by atoms with Crippen LogP contribution >= 0.6 is 27.5 Å². The summed E-state index contributed by atoms with van der Waals surface area (Å²) in [5.74, 6) is 1.78. The molecule has 0 saturated carbocycles. The van der Waals surface area contributed by atoms with Crippen molar-refractivity contribution in [3.8, 4) is 0 Å². The summed E-state index contributed by atoms with van der Waals surface area (Å²) in [5, 5.41) is 0. The van der Waals surface area contributed by atoms with Crippen molar-refractivity contribution in [3.05, 3.63) is 28.0 Å². The van der Waals surface area contributed by atoms with Crippen molar-refractivity contribution in [2.45, 2.75) is 26.2 Å². The van der Waals surface area contributed by atoms with Gasteiger partial charge < -0.3 is 4.98 Å². The van der Waals surface area contributed by atoms with Crippen LogP contribution in [0.3, 0.4) is 0 Å². The van der Waals surface area contributed by atoms with Crippen LogP contribution in [0.15, 0.2) is 16.6 Å². The molecule has 2 nitrogen and oxygen atoms in total. The first kappa shape index (κ1) is 11.9. The van der Waals surface area contributed by atoms with Gasteiger partial charge in [0.25, 0.3) is 0 Å². The molecular formula is C12H14BrClN2. The number of aryl methyl sites for hydroxylation is 2. The summed E-state index contributed by atoms with van der Waals surface area (Å²) in [6.07, 6.45) is 3.10. The van der Waals surface area contributed by atoms with Crippen molar-refractivity contribution in [2.75, 3.05) is 5.88 Å². The summed E-state index contributed by atoms with van der Waals surface area (Å²) in [7, 11) is 0. The molecule has 0 saturated heterocycles. The number of aromatic amines is 1. The number of aromatic nitrogens is 2. The van der Waals surface area contributed by atoms with Crippen molar-refractivity contribution in [2.24, 2.45) is 0 Å². The molecule has 1 heterocycles. The minimum Gasteiger partial charge on any atom is -0.342 e. The fourth-order valence-corrected chi connectivity index (χ4v) is 2.56. The monoisotopic (exact) mass is 300 g/mol. The molecule has 1 aromatic heterocycles. The predicted octanol–water partition coefficient (Wildman–Crippen LogP) is 4.20. The van der Waals surface area contributed by atoms with E-state index in [-0.39, 0.29) is 0 Å². The van der Waals surface area contributed by atoms with Crippen LogP contribution in [-0.2, 0) is 6.42 Å². The van der Waals surface area contributed by atoms with Gasteiger partial charge in [-0.2, -0.15) is 0 Å². The van der Waals surface area contributed by atoms with Gasteiger partial charge in [0.05, 0.1) is 11.0 Å². The highest BCUT2D eigenvalue weighted by Gasteiger charge is 2.06. The summed E-state index contributed by atoms with van der Waals surface area (Å²) in [4.78, 5) is 7.96. The summed E-state index contributed by atoms with van der Waals surface area (Å²) in [5.41, 5.74) is 3.38.